The lowest BCUT2D eigenvalue weighted by Crippen LogP contribution is -2.33. The second-order valence-corrected chi connectivity index (χ2v) is 11.0. The summed E-state index contributed by atoms with van der Waals surface area (Å²) in [5.41, 5.74) is 0. The Morgan fingerprint density at radius 3 is 1.37 bits per heavy atom. The Morgan fingerprint density at radius 2 is 1.04 bits per heavy atom. The Morgan fingerprint density at radius 1 is 0.667 bits per heavy atom. The molecule has 164 valence electrons. The van der Waals surface area contributed by atoms with Gasteiger partial charge in [0.2, 0.25) is 0 Å². The molecule has 0 spiro atoms. The van der Waals surface area contributed by atoms with Crippen molar-refractivity contribution in [3.8, 4) is 0 Å². The van der Waals surface area contributed by atoms with Gasteiger partial charge < -0.3 is 24.9 Å². The van der Waals surface area contributed by atoms with E-state index in [0.717, 1.165) is 19.3 Å². The Balaban J connectivity index is 3.50. The van der Waals surface area contributed by atoms with Crippen molar-refractivity contribution in [3.05, 3.63) is 0 Å². The minimum Gasteiger partial charge on any atom is -0.324 e. The van der Waals surface area contributed by atoms with Crippen molar-refractivity contribution in [1.29, 1.82) is 0 Å². The summed E-state index contributed by atoms with van der Waals surface area (Å²) in [6, 6.07) is 0. The first kappa shape index (κ1) is 27.3. The lowest BCUT2D eigenvalue weighted by Gasteiger charge is -2.20. The minimum absolute atomic E-state index is 0.355. The average Bonchev–Trinajstić information content (AvgIpc) is 2.55. The van der Waals surface area contributed by atoms with Crippen LogP contribution in [0, 0.1) is 0 Å². The van der Waals surface area contributed by atoms with Gasteiger partial charge in [-0.3, -0.25) is 9.13 Å². The van der Waals surface area contributed by atoms with E-state index < -0.39 is 27.1 Å². The highest BCUT2D eigenvalue weighted by molar-refractivity contribution is 7.56. The van der Waals surface area contributed by atoms with Crippen LogP contribution in [0.3, 0.4) is 0 Å². The van der Waals surface area contributed by atoms with E-state index in [2.05, 4.69) is 12.2 Å². The Bertz CT molecular complexity index is 438. The summed E-state index contributed by atoms with van der Waals surface area (Å²) in [4.78, 5) is 36.1. The number of nitrogens with one attached hydrogen (secondary N) is 1. The SMILES string of the molecule is CCCCCCCCCCCCCCCCNC(CP(=O)(O)O)P(=O)(O)O. The number of hydrogen-bond acceptors (Lipinski definition) is 3. The normalized spacial score (nSPS) is 13.8. The first-order valence-electron chi connectivity index (χ1n) is 10.5. The van der Waals surface area contributed by atoms with Gasteiger partial charge in [0.25, 0.3) is 0 Å². The molecule has 0 radical (unpaired) electrons. The van der Waals surface area contributed by atoms with Crippen LogP contribution >= 0.6 is 15.2 Å². The van der Waals surface area contributed by atoms with Crippen LogP contribution < -0.4 is 5.32 Å². The van der Waals surface area contributed by atoms with Crippen LogP contribution in [0.5, 0.6) is 0 Å². The van der Waals surface area contributed by atoms with Crippen molar-refractivity contribution in [2.75, 3.05) is 12.7 Å². The van der Waals surface area contributed by atoms with E-state index in [1.807, 2.05) is 0 Å². The van der Waals surface area contributed by atoms with Crippen LogP contribution in [0.25, 0.3) is 0 Å². The molecule has 0 aromatic carbocycles. The van der Waals surface area contributed by atoms with E-state index in [9.17, 15) is 9.13 Å². The predicted octanol–water partition coefficient (Wildman–Crippen LogP) is 4.74. The van der Waals surface area contributed by atoms with Gasteiger partial charge in [0.1, 0.15) is 5.78 Å². The molecule has 7 nitrogen and oxygen atoms in total. The topological polar surface area (TPSA) is 127 Å². The zero-order valence-electron chi connectivity index (χ0n) is 16.9. The fourth-order valence-corrected chi connectivity index (χ4v) is 5.54. The van der Waals surface area contributed by atoms with E-state index in [1.54, 1.807) is 0 Å². The van der Waals surface area contributed by atoms with Gasteiger partial charge in [-0.1, -0.05) is 90.4 Å². The lowest BCUT2D eigenvalue weighted by molar-refractivity contribution is 0.335. The van der Waals surface area contributed by atoms with Crippen molar-refractivity contribution >= 4 is 15.2 Å². The fraction of sp³-hybridized carbons (Fsp3) is 1.00. The third-order valence-electron chi connectivity index (χ3n) is 4.73. The third kappa shape index (κ3) is 19.4. The Hall–Kier alpha value is 0.260. The summed E-state index contributed by atoms with van der Waals surface area (Å²) in [6.07, 6.45) is 16.4. The van der Waals surface area contributed by atoms with E-state index in [0.29, 0.717) is 6.54 Å². The molecule has 1 unspecified atom stereocenters. The quantitative estimate of drug-likeness (QED) is 0.148. The second-order valence-electron chi connectivity index (χ2n) is 7.50. The summed E-state index contributed by atoms with van der Waals surface area (Å²) in [7, 11) is -9.03. The van der Waals surface area contributed by atoms with Crippen molar-refractivity contribution in [2.45, 2.75) is 103 Å². The minimum atomic E-state index is -4.56. The van der Waals surface area contributed by atoms with Gasteiger partial charge in [-0.05, 0) is 13.0 Å². The summed E-state index contributed by atoms with van der Waals surface area (Å²) >= 11 is 0. The first-order valence-corrected chi connectivity index (χ1v) is 14.0. The van der Waals surface area contributed by atoms with Crippen LogP contribution in [0.1, 0.15) is 96.8 Å². The molecule has 0 bridgehead atoms. The van der Waals surface area contributed by atoms with Gasteiger partial charge in [0.05, 0.1) is 6.16 Å². The molecule has 27 heavy (non-hydrogen) atoms. The van der Waals surface area contributed by atoms with Gasteiger partial charge in [-0.25, -0.2) is 0 Å². The zero-order valence-corrected chi connectivity index (χ0v) is 18.7. The molecule has 0 fully saturated rings. The van der Waals surface area contributed by atoms with Gasteiger partial charge in [-0.15, -0.1) is 0 Å². The molecule has 0 amide bonds. The third-order valence-corrected chi connectivity index (χ3v) is 7.03. The molecule has 0 rings (SSSR count). The molecule has 0 aliphatic heterocycles. The monoisotopic (exact) mass is 429 g/mol. The number of unbranched alkanes of at least 4 members (excludes halogenated alkanes) is 13. The molecule has 9 heteroatoms. The predicted molar refractivity (Wildman–Crippen MR) is 111 cm³/mol. The highest BCUT2D eigenvalue weighted by atomic mass is 31.2. The van der Waals surface area contributed by atoms with Crippen LogP contribution in [-0.2, 0) is 9.13 Å². The van der Waals surface area contributed by atoms with Crippen LogP contribution in [0.15, 0.2) is 0 Å². The van der Waals surface area contributed by atoms with Gasteiger partial charge in [0, 0.05) is 0 Å². The van der Waals surface area contributed by atoms with E-state index in [4.69, 9.17) is 19.6 Å². The maximum absolute atomic E-state index is 11.3. The summed E-state index contributed by atoms with van der Waals surface area (Å²) in [5.74, 6) is -1.47. The van der Waals surface area contributed by atoms with Gasteiger partial charge in [-0.2, -0.15) is 0 Å². The fourth-order valence-electron chi connectivity index (χ4n) is 3.10. The molecule has 0 aromatic rings. The maximum Gasteiger partial charge on any atom is 0.342 e. The zero-order chi connectivity index (χ0) is 20.6. The Labute approximate surface area is 165 Å². The molecule has 0 aliphatic carbocycles. The summed E-state index contributed by atoms with van der Waals surface area (Å²) in [5, 5.41) is 2.60. The first-order chi connectivity index (χ1) is 12.7. The highest BCUT2D eigenvalue weighted by Crippen LogP contribution is 2.47. The standard InChI is InChI=1S/C18H41NO6P2/c1-2-3-4-5-6-7-8-9-10-11-12-13-14-15-16-19-18(27(23,24)25)17-26(20,21)22/h18-19H,2-17H2,1H3,(H2,20,21,22)(H2,23,24,25). The average molecular weight is 429 g/mol. The molecular weight excluding hydrogens is 388 g/mol. The summed E-state index contributed by atoms with van der Waals surface area (Å²) < 4.78 is 22.2. The highest BCUT2D eigenvalue weighted by Gasteiger charge is 2.34. The lowest BCUT2D eigenvalue weighted by atomic mass is 10.0. The largest absolute Gasteiger partial charge is 0.342 e. The summed E-state index contributed by atoms with van der Waals surface area (Å²) in [6.45, 7) is 2.59. The molecule has 0 saturated carbocycles. The van der Waals surface area contributed by atoms with E-state index in [-0.39, 0.29) is 0 Å². The van der Waals surface area contributed by atoms with Crippen molar-refractivity contribution in [1.82, 2.24) is 5.32 Å². The van der Waals surface area contributed by atoms with Crippen LogP contribution in [0.4, 0.5) is 0 Å². The molecule has 0 aromatic heterocycles. The Kier molecular flexibility index (Phi) is 16.3. The van der Waals surface area contributed by atoms with E-state index in [1.165, 1.54) is 70.6 Å². The molecule has 0 saturated heterocycles. The van der Waals surface area contributed by atoms with E-state index >= 15 is 0 Å². The van der Waals surface area contributed by atoms with Gasteiger partial charge in [0.15, 0.2) is 0 Å². The molecule has 5 N–H and O–H groups in total. The van der Waals surface area contributed by atoms with Crippen molar-refractivity contribution in [3.63, 3.8) is 0 Å². The maximum atomic E-state index is 11.3. The molecule has 0 aliphatic rings. The number of hydrogen-bond donors (Lipinski definition) is 5. The van der Waals surface area contributed by atoms with Gasteiger partial charge >= 0.3 is 15.2 Å². The van der Waals surface area contributed by atoms with Crippen LogP contribution in [-0.4, -0.2) is 38.1 Å². The molecule has 0 heterocycles. The van der Waals surface area contributed by atoms with Crippen LogP contribution in [0.2, 0.25) is 0 Å². The number of rotatable bonds is 19. The van der Waals surface area contributed by atoms with Crippen molar-refractivity contribution < 1.29 is 28.7 Å². The molecular formula is C18H41NO6P2. The molecule has 1 atom stereocenters. The van der Waals surface area contributed by atoms with Crippen molar-refractivity contribution in [2.24, 2.45) is 0 Å². The second kappa shape index (κ2) is 16.1. The smallest absolute Gasteiger partial charge is 0.324 e.